The first-order valence-corrected chi connectivity index (χ1v) is 11.9. The molecule has 1 fully saturated rings. The molecule has 0 bridgehead atoms. The number of hydrogen-bond donors (Lipinski definition) is 0. The second kappa shape index (κ2) is 9.48. The maximum absolute atomic E-state index is 15.3. The van der Waals surface area contributed by atoms with Gasteiger partial charge in [0.25, 0.3) is 0 Å². The van der Waals surface area contributed by atoms with Gasteiger partial charge in [-0.25, -0.2) is 8.78 Å². The number of aldehydes is 1. The molecule has 1 spiro atoms. The number of halogens is 2. The van der Waals surface area contributed by atoms with Crippen LogP contribution in [0.4, 0.5) is 14.5 Å². The minimum absolute atomic E-state index is 0.0227. The highest BCUT2D eigenvalue weighted by molar-refractivity contribution is 6.05. The lowest BCUT2D eigenvalue weighted by Gasteiger charge is -2.35. The van der Waals surface area contributed by atoms with Gasteiger partial charge in [0, 0.05) is 29.8 Å². The van der Waals surface area contributed by atoms with Crippen LogP contribution in [-0.4, -0.2) is 37.2 Å². The zero-order valence-corrected chi connectivity index (χ0v) is 20.8. The van der Waals surface area contributed by atoms with Gasteiger partial charge in [0.1, 0.15) is 12.0 Å². The summed E-state index contributed by atoms with van der Waals surface area (Å²) in [5.41, 5.74) is 2.14. The van der Waals surface area contributed by atoms with Crippen molar-refractivity contribution in [2.24, 2.45) is 0 Å². The Labute approximate surface area is 217 Å². The highest BCUT2D eigenvalue weighted by Crippen LogP contribution is 2.55. The van der Waals surface area contributed by atoms with Crippen molar-refractivity contribution in [3.8, 4) is 22.8 Å². The summed E-state index contributed by atoms with van der Waals surface area (Å²) < 4.78 is 40.6. The molecule has 2 aliphatic rings. The van der Waals surface area contributed by atoms with Crippen molar-refractivity contribution < 1.29 is 32.6 Å². The number of fused-ring (bicyclic) bond motifs is 2. The molecule has 1 aliphatic carbocycles. The molecule has 2 aromatic carbocycles. The van der Waals surface area contributed by atoms with E-state index in [4.69, 9.17) is 9.47 Å². The molecule has 1 aliphatic heterocycles. The lowest BCUT2D eigenvalue weighted by molar-refractivity contribution is -0.121. The first-order valence-electron chi connectivity index (χ1n) is 11.9. The monoisotopic (exact) mass is 518 g/mol. The van der Waals surface area contributed by atoms with Crippen molar-refractivity contribution in [3.63, 3.8) is 0 Å². The average molecular weight is 519 g/mol. The number of carbonyl (C=O) groups excluding carboxylic acids is 3. The van der Waals surface area contributed by atoms with Crippen LogP contribution in [0.5, 0.6) is 11.5 Å². The number of methoxy groups -OCH3 is 2. The Kier molecular flexibility index (Phi) is 6.30. The van der Waals surface area contributed by atoms with E-state index in [2.05, 4.69) is 11.6 Å². The Balaban J connectivity index is 1.58. The molecule has 1 saturated carbocycles. The molecule has 7 nitrogen and oxygen atoms in total. The van der Waals surface area contributed by atoms with Gasteiger partial charge < -0.3 is 14.4 Å². The number of benzene rings is 2. The molecule has 194 valence electrons. The summed E-state index contributed by atoms with van der Waals surface area (Å²) in [5, 5.41) is 0. The van der Waals surface area contributed by atoms with Crippen molar-refractivity contribution in [1.82, 2.24) is 4.98 Å². The van der Waals surface area contributed by atoms with E-state index in [-0.39, 0.29) is 30.2 Å². The van der Waals surface area contributed by atoms with E-state index in [1.807, 2.05) is 6.07 Å². The molecule has 3 aromatic rings. The number of pyridine rings is 1. The fourth-order valence-electron chi connectivity index (χ4n) is 5.02. The summed E-state index contributed by atoms with van der Waals surface area (Å²) in [7, 11) is 2.50. The smallest absolute Gasteiger partial charge is 0.238 e. The van der Waals surface area contributed by atoms with E-state index >= 15 is 8.78 Å². The van der Waals surface area contributed by atoms with Crippen LogP contribution in [0.1, 0.15) is 39.9 Å². The second-order valence-electron chi connectivity index (χ2n) is 9.34. The Morgan fingerprint density at radius 1 is 1.13 bits per heavy atom. The van der Waals surface area contributed by atoms with E-state index < -0.39 is 28.6 Å². The van der Waals surface area contributed by atoms with Crippen LogP contribution >= 0.6 is 0 Å². The fraction of sp³-hybridized carbons (Fsp3) is 0.241. The van der Waals surface area contributed by atoms with Gasteiger partial charge >= 0.3 is 0 Å². The van der Waals surface area contributed by atoms with Crippen molar-refractivity contribution >= 4 is 23.7 Å². The molecule has 0 radical (unpaired) electrons. The van der Waals surface area contributed by atoms with Crippen LogP contribution in [0.25, 0.3) is 11.3 Å². The molecule has 1 aromatic heterocycles. The van der Waals surface area contributed by atoms with Crippen molar-refractivity contribution in [2.45, 2.75) is 31.2 Å². The molecule has 0 unspecified atom stereocenters. The third-order valence-corrected chi connectivity index (χ3v) is 7.21. The molecule has 38 heavy (non-hydrogen) atoms. The van der Waals surface area contributed by atoms with Gasteiger partial charge in [0.15, 0.2) is 28.9 Å². The molecule has 0 N–H and O–H groups in total. The third kappa shape index (κ3) is 3.95. The predicted molar refractivity (Wildman–Crippen MR) is 136 cm³/mol. The summed E-state index contributed by atoms with van der Waals surface area (Å²) in [6.45, 7) is 3.40. The highest BCUT2D eigenvalue weighted by atomic mass is 19.1. The van der Waals surface area contributed by atoms with Crippen molar-refractivity contribution in [3.05, 3.63) is 83.1 Å². The van der Waals surface area contributed by atoms with E-state index in [0.717, 1.165) is 16.5 Å². The molecule has 1 amide bonds. The summed E-state index contributed by atoms with van der Waals surface area (Å²) >= 11 is 0. The number of allylic oxidation sites excluding steroid dienone is 1. The van der Waals surface area contributed by atoms with E-state index in [1.165, 1.54) is 20.3 Å². The lowest BCUT2D eigenvalue weighted by atomic mass is 9.85. The van der Waals surface area contributed by atoms with Crippen LogP contribution < -0.4 is 14.4 Å². The molecular weight excluding hydrogens is 494 g/mol. The van der Waals surface area contributed by atoms with E-state index in [1.54, 1.807) is 24.4 Å². The van der Waals surface area contributed by atoms with Crippen LogP contribution in [0.3, 0.4) is 0 Å². The second-order valence-corrected chi connectivity index (χ2v) is 9.34. The van der Waals surface area contributed by atoms with Gasteiger partial charge in [-0.2, -0.15) is 0 Å². The third-order valence-electron chi connectivity index (χ3n) is 7.21. The number of ketones is 1. The first-order chi connectivity index (χ1) is 18.3. The maximum Gasteiger partial charge on any atom is 0.238 e. The van der Waals surface area contributed by atoms with Crippen molar-refractivity contribution in [1.29, 1.82) is 0 Å². The number of aromatic nitrogens is 1. The van der Waals surface area contributed by atoms with Crippen LogP contribution in [0.15, 0.2) is 49.2 Å². The maximum atomic E-state index is 15.3. The average Bonchev–Trinajstić information content (AvgIpc) is 3.73. The SMILES string of the molecule is C=CC(=O)Cc1cc(-c2cc3c(cn2)CN(c2c(F)c(OC)cc(OC)c2F)C(=O)C32CC2)ccc1C=O. The van der Waals surface area contributed by atoms with Crippen LogP contribution in [0, 0.1) is 11.6 Å². The Morgan fingerprint density at radius 3 is 2.39 bits per heavy atom. The number of carbonyl (C=O) groups is 3. The van der Waals surface area contributed by atoms with Crippen molar-refractivity contribution in [2.75, 3.05) is 19.1 Å². The highest BCUT2D eigenvalue weighted by Gasteiger charge is 2.57. The molecule has 2 heterocycles. The molecule has 0 atom stereocenters. The van der Waals surface area contributed by atoms with E-state index in [9.17, 15) is 14.4 Å². The number of hydrogen-bond acceptors (Lipinski definition) is 6. The predicted octanol–water partition coefficient (Wildman–Crippen LogP) is 4.73. The molecule has 9 heteroatoms. The Morgan fingerprint density at radius 2 is 1.82 bits per heavy atom. The van der Waals surface area contributed by atoms with Gasteiger partial charge in [-0.05, 0) is 47.7 Å². The van der Waals surface area contributed by atoms with Gasteiger partial charge in [0.05, 0.1) is 31.9 Å². The lowest BCUT2D eigenvalue weighted by Crippen LogP contribution is -2.45. The number of nitrogens with zero attached hydrogens (tertiary/aromatic N) is 2. The zero-order chi connectivity index (χ0) is 27.2. The van der Waals surface area contributed by atoms with Gasteiger partial charge in [-0.1, -0.05) is 18.7 Å². The van der Waals surface area contributed by atoms with Gasteiger partial charge in [0.2, 0.25) is 5.91 Å². The molecular formula is C29H24F2N2O5. The Bertz CT molecular complexity index is 1490. The minimum atomic E-state index is -0.986. The fourth-order valence-corrected chi connectivity index (χ4v) is 5.02. The summed E-state index contributed by atoms with van der Waals surface area (Å²) in [6.07, 6.45) is 4.55. The topological polar surface area (TPSA) is 85.8 Å². The normalized spacial score (nSPS) is 15.2. The number of anilines is 1. The Hall–Kier alpha value is -4.40. The zero-order valence-electron chi connectivity index (χ0n) is 20.8. The first kappa shape index (κ1) is 25.3. The number of amides is 1. The van der Waals surface area contributed by atoms with Crippen LogP contribution in [0.2, 0.25) is 0 Å². The minimum Gasteiger partial charge on any atom is -0.493 e. The summed E-state index contributed by atoms with van der Waals surface area (Å²) in [6, 6.07) is 7.99. The van der Waals surface area contributed by atoms with Gasteiger partial charge in [-0.15, -0.1) is 0 Å². The quantitative estimate of drug-likeness (QED) is 0.317. The largest absolute Gasteiger partial charge is 0.493 e. The summed E-state index contributed by atoms with van der Waals surface area (Å²) in [5.74, 6) is -3.08. The molecule has 0 saturated heterocycles. The standard InChI is InChI=1S/C29H24F2N2O5/c1-4-20(35)10-18-9-16(5-6-17(18)15-34)22-11-21-19(13-32-22)14-33(28(36)29(21)7-8-29)27-25(30)23(37-2)12-24(38-3)26(27)31/h4-6,9,11-13,15H,1,7-8,10,14H2,2-3H3. The number of rotatable bonds is 8. The van der Waals surface area contributed by atoms with Crippen LogP contribution in [-0.2, 0) is 28.0 Å². The van der Waals surface area contributed by atoms with E-state index in [0.29, 0.717) is 47.1 Å². The summed E-state index contributed by atoms with van der Waals surface area (Å²) in [4.78, 5) is 42.8. The van der Waals surface area contributed by atoms with Gasteiger partial charge in [-0.3, -0.25) is 19.4 Å². The number of ether oxygens (including phenoxy) is 2. The molecule has 5 rings (SSSR count).